The first kappa shape index (κ1) is 11.5. The lowest BCUT2D eigenvalue weighted by Gasteiger charge is -2.21. The summed E-state index contributed by atoms with van der Waals surface area (Å²) in [6.45, 7) is 0.774. The second-order valence-electron chi connectivity index (χ2n) is 5.59. The lowest BCUT2D eigenvalue weighted by molar-refractivity contribution is 0.0938. The molecule has 2 bridgehead atoms. The fourth-order valence-corrected chi connectivity index (χ4v) is 3.54. The number of amides is 1. The zero-order valence-corrected chi connectivity index (χ0v) is 10.4. The van der Waals surface area contributed by atoms with E-state index < -0.39 is 0 Å². The fourth-order valence-electron chi connectivity index (χ4n) is 3.54. The van der Waals surface area contributed by atoms with Crippen molar-refractivity contribution in [3.8, 4) is 0 Å². The smallest absolute Gasteiger partial charge is 0.272 e. The van der Waals surface area contributed by atoms with Crippen molar-refractivity contribution in [1.82, 2.24) is 10.3 Å². The van der Waals surface area contributed by atoms with Gasteiger partial charge in [0.05, 0.1) is 5.69 Å². The molecule has 2 aliphatic carbocycles. The maximum Gasteiger partial charge on any atom is 0.272 e. The highest BCUT2D eigenvalue weighted by Crippen LogP contribution is 2.47. The Balaban J connectivity index is 1.57. The van der Waals surface area contributed by atoms with Crippen molar-refractivity contribution in [2.24, 2.45) is 17.8 Å². The summed E-state index contributed by atoms with van der Waals surface area (Å²) in [7, 11) is 0. The molecule has 3 rings (SSSR count). The Kier molecular flexibility index (Phi) is 2.94. The van der Waals surface area contributed by atoms with Crippen molar-refractivity contribution in [2.45, 2.75) is 25.7 Å². The molecule has 0 radical (unpaired) electrons. The number of aromatic nitrogens is 1. The van der Waals surface area contributed by atoms with Crippen molar-refractivity contribution in [3.05, 3.63) is 24.0 Å². The number of rotatable bonds is 3. The summed E-state index contributed by atoms with van der Waals surface area (Å²) < 4.78 is 0. The number of nitrogen functional groups attached to an aromatic ring is 1. The lowest BCUT2D eigenvalue weighted by Crippen LogP contribution is -2.32. The second-order valence-corrected chi connectivity index (χ2v) is 5.59. The molecule has 4 nitrogen and oxygen atoms in total. The number of carbonyl (C=O) groups is 1. The monoisotopic (exact) mass is 245 g/mol. The van der Waals surface area contributed by atoms with Gasteiger partial charge in [-0.25, -0.2) is 4.98 Å². The van der Waals surface area contributed by atoms with Gasteiger partial charge in [0, 0.05) is 12.7 Å². The topological polar surface area (TPSA) is 68.0 Å². The van der Waals surface area contributed by atoms with Crippen molar-refractivity contribution < 1.29 is 4.79 Å². The van der Waals surface area contributed by atoms with Crippen LogP contribution in [0, 0.1) is 17.8 Å². The minimum atomic E-state index is -0.143. The highest BCUT2D eigenvalue weighted by Gasteiger charge is 2.39. The average molecular weight is 245 g/mol. The molecule has 1 heterocycles. The largest absolute Gasteiger partial charge is 0.397 e. The molecule has 1 aromatic rings. The Morgan fingerprint density at radius 3 is 3.00 bits per heavy atom. The van der Waals surface area contributed by atoms with Crippen LogP contribution in [0.25, 0.3) is 0 Å². The van der Waals surface area contributed by atoms with E-state index in [1.807, 2.05) is 0 Å². The predicted molar refractivity (Wildman–Crippen MR) is 69.9 cm³/mol. The molecule has 0 saturated heterocycles. The zero-order valence-electron chi connectivity index (χ0n) is 10.4. The van der Waals surface area contributed by atoms with Gasteiger partial charge < -0.3 is 11.1 Å². The van der Waals surface area contributed by atoms with Gasteiger partial charge in [-0.2, -0.15) is 0 Å². The highest BCUT2D eigenvalue weighted by atomic mass is 16.1. The molecule has 18 heavy (non-hydrogen) atoms. The SMILES string of the molecule is Nc1cccnc1C(=O)NCC1CC2CCC1C2. The molecule has 0 aliphatic heterocycles. The van der Waals surface area contributed by atoms with Crippen LogP contribution in [0.3, 0.4) is 0 Å². The number of hydrogen-bond donors (Lipinski definition) is 2. The van der Waals surface area contributed by atoms with Crippen LogP contribution in [-0.4, -0.2) is 17.4 Å². The molecule has 2 fully saturated rings. The van der Waals surface area contributed by atoms with Crippen LogP contribution in [-0.2, 0) is 0 Å². The van der Waals surface area contributed by atoms with E-state index in [0.717, 1.165) is 18.4 Å². The number of nitrogens with two attached hydrogens (primary N) is 1. The van der Waals surface area contributed by atoms with E-state index in [2.05, 4.69) is 10.3 Å². The molecule has 2 aliphatic rings. The first-order chi connectivity index (χ1) is 8.74. The highest BCUT2D eigenvalue weighted by molar-refractivity contribution is 5.96. The van der Waals surface area contributed by atoms with Crippen LogP contribution >= 0.6 is 0 Å². The van der Waals surface area contributed by atoms with Gasteiger partial charge >= 0.3 is 0 Å². The quantitative estimate of drug-likeness (QED) is 0.853. The molecule has 1 amide bonds. The van der Waals surface area contributed by atoms with E-state index in [1.165, 1.54) is 25.7 Å². The van der Waals surface area contributed by atoms with Crippen molar-refractivity contribution >= 4 is 11.6 Å². The van der Waals surface area contributed by atoms with Gasteiger partial charge in [-0.15, -0.1) is 0 Å². The Morgan fingerprint density at radius 1 is 1.44 bits per heavy atom. The Labute approximate surface area is 107 Å². The molecular formula is C14H19N3O. The Hall–Kier alpha value is -1.58. The molecule has 4 heteroatoms. The number of pyridine rings is 1. The molecule has 2 saturated carbocycles. The van der Waals surface area contributed by atoms with Crippen LogP contribution in [0.4, 0.5) is 5.69 Å². The zero-order chi connectivity index (χ0) is 12.5. The molecule has 3 N–H and O–H groups in total. The van der Waals surface area contributed by atoms with Gasteiger partial charge in [-0.3, -0.25) is 4.79 Å². The summed E-state index contributed by atoms with van der Waals surface area (Å²) in [4.78, 5) is 16.0. The summed E-state index contributed by atoms with van der Waals surface area (Å²) in [5, 5.41) is 2.99. The minimum absolute atomic E-state index is 0.143. The van der Waals surface area contributed by atoms with E-state index in [0.29, 0.717) is 17.3 Å². The average Bonchev–Trinajstić information content (AvgIpc) is 2.98. The molecular weight excluding hydrogens is 226 g/mol. The summed E-state index contributed by atoms with van der Waals surface area (Å²) in [5.41, 5.74) is 6.54. The standard InChI is InChI=1S/C14H19N3O/c15-12-2-1-5-16-13(12)14(18)17-8-11-7-9-3-4-10(11)6-9/h1-2,5,9-11H,3-4,6-8,15H2,(H,17,18). The first-order valence-electron chi connectivity index (χ1n) is 6.72. The molecule has 3 atom stereocenters. The molecule has 1 aromatic heterocycles. The summed E-state index contributed by atoms with van der Waals surface area (Å²) in [6.07, 6.45) is 6.98. The van der Waals surface area contributed by atoms with E-state index >= 15 is 0 Å². The van der Waals surface area contributed by atoms with Crippen LogP contribution in [0.5, 0.6) is 0 Å². The third-order valence-corrected chi connectivity index (χ3v) is 4.46. The van der Waals surface area contributed by atoms with Crippen LogP contribution in [0.15, 0.2) is 18.3 Å². The number of hydrogen-bond acceptors (Lipinski definition) is 3. The Bertz CT molecular complexity index is 460. The van der Waals surface area contributed by atoms with Crippen molar-refractivity contribution in [2.75, 3.05) is 12.3 Å². The third kappa shape index (κ3) is 2.07. The van der Waals surface area contributed by atoms with Crippen LogP contribution in [0.2, 0.25) is 0 Å². The summed E-state index contributed by atoms with van der Waals surface area (Å²) in [6, 6.07) is 3.45. The van der Waals surface area contributed by atoms with Gasteiger partial charge in [-0.05, 0) is 49.1 Å². The lowest BCUT2D eigenvalue weighted by atomic mass is 9.89. The summed E-state index contributed by atoms with van der Waals surface area (Å²) >= 11 is 0. The summed E-state index contributed by atoms with van der Waals surface area (Å²) in [5.74, 6) is 2.27. The minimum Gasteiger partial charge on any atom is -0.397 e. The third-order valence-electron chi connectivity index (χ3n) is 4.46. The van der Waals surface area contributed by atoms with Crippen LogP contribution in [0.1, 0.15) is 36.2 Å². The molecule has 96 valence electrons. The number of nitrogens with one attached hydrogen (secondary N) is 1. The van der Waals surface area contributed by atoms with Gasteiger partial charge in [-0.1, -0.05) is 6.42 Å². The first-order valence-corrected chi connectivity index (χ1v) is 6.72. The van der Waals surface area contributed by atoms with Crippen LogP contribution < -0.4 is 11.1 Å². The number of carbonyl (C=O) groups excluding carboxylic acids is 1. The second kappa shape index (κ2) is 4.59. The predicted octanol–water partition coefficient (Wildman–Crippen LogP) is 1.83. The maximum absolute atomic E-state index is 12.0. The van der Waals surface area contributed by atoms with Gasteiger partial charge in [0.15, 0.2) is 5.69 Å². The van der Waals surface area contributed by atoms with Gasteiger partial charge in [0.2, 0.25) is 0 Å². The normalized spacial score (nSPS) is 29.4. The van der Waals surface area contributed by atoms with E-state index in [4.69, 9.17) is 5.73 Å². The van der Waals surface area contributed by atoms with Gasteiger partial charge in [0.25, 0.3) is 5.91 Å². The van der Waals surface area contributed by atoms with E-state index in [9.17, 15) is 4.79 Å². The number of fused-ring (bicyclic) bond motifs is 2. The molecule has 0 spiro atoms. The fraction of sp³-hybridized carbons (Fsp3) is 0.571. The van der Waals surface area contributed by atoms with Gasteiger partial charge in [0.1, 0.15) is 0 Å². The Morgan fingerprint density at radius 2 is 2.33 bits per heavy atom. The van der Waals surface area contributed by atoms with E-state index in [1.54, 1.807) is 18.3 Å². The number of anilines is 1. The van der Waals surface area contributed by atoms with Crippen molar-refractivity contribution in [1.29, 1.82) is 0 Å². The van der Waals surface area contributed by atoms with Crippen molar-refractivity contribution in [3.63, 3.8) is 0 Å². The molecule has 3 unspecified atom stereocenters. The molecule has 0 aromatic carbocycles. The van der Waals surface area contributed by atoms with E-state index in [-0.39, 0.29) is 5.91 Å². The number of nitrogens with zero attached hydrogens (tertiary/aromatic N) is 1. The maximum atomic E-state index is 12.0.